The summed E-state index contributed by atoms with van der Waals surface area (Å²) in [6.07, 6.45) is 1.38. The van der Waals surface area contributed by atoms with E-state index >= 15 is 0 Å². The van der Waals surface area contributed by atoms with E-state index < -0.39 is 14.4 Å². The van der Waals surface area contributed by atoms with Gasteiger partial charge in [-0.1, -0.05) is 11.7 Å². The van der Waals surface area contributed by atoms with Gasteiger partial charge in [-0.05, 0) is 25.9 Å². The zero-order valence-corrected chi connectivity index (χ0v) is 12.1. The Balaban J connectivity index is 2.20. The zero-order valence-electron chi connectivity index (χ0n) is 10.9. The standard InChI is InChI=1S/C6H15N2.C5H12N.Al/c1-4-8(2,3)6-5-7;1-4-5-6(2)3;/h7H,1,4-6H2,2-3H3;1,4-5H2,2-3H3;/q;;+1. The van der Waals surface area contributed by atoms with Crippen LogP contribution in [0, 0.1) is 0 Å². The summed E-state index contributed by atoms with van der Waals surface area (Å²) < 4.78 is 5.03. The summed E-state index contributed by atoms with van der Waals surface area (Å²) in [6, 6.07) is 0. The van der Waals surface area contributed by atoms with Gasteiger partial charge in [0, 0.05) is 6.54 Å². The van der Waals surface area contributed by atoms with E-state index in [2.05, 4.69) is 37.4 Å². The monoisotopic (exact) mass is 228 g/mol. The van der Waals surface area contributed by atoms with Crippen LogP contribution in [0.15, 0.2) is 0 Å². The molecule has 0 aromatic heterocycles. The third-order valence-electron chi connectivity index (χ3n) is 3.39. The molecule has 0 aromatic rings. The number of nitrogens with zero attached hydrogens (tertiary/aromatic N) is 2. The molecule has 0 aromatic carbocycles. The van der Waals surface area contributed by atoms with Crippen LogP contribution in [0.2, 0.25) is 10.6 Å². The molecule has 1 N–H and O–H groups in total. The maximum atomic E-state index is 3.82. The average Bonchev–Trinajstić information content (AvgIpc) is 2.27. The van der Waals surface area contributed by atoms with Gasteiger partial charge in [-0.2, -0.15) is 0 Å². The molecule has 4 heteroatoms. The summed E-state index contributed by atoms with van der Waals surface area (Å²) >= 11 is -0.605. The van der Waals surface area contributed by atoms with E-state index in [1.807, 2.05) is 0 Å². The van der Waals surface area contributed by atoms with E-state index in [0.717, 1.165) is 0 Å². The van der Waals surface area contributed by atoms with Crippen molar-refractivity contribution >= 4 is 14.4 Å². The van der Waals surface area contributed by atoms with Gasteiger partial charge in [0.05, 0.1) is 27.2 Å². The van der Waals surface area contributed by atoms with Gasteiger partial charge >= 0.3 is 14.4 Å². The Bertz CT molecular complexity index is 183. The van der Waals surface area contributed by atoms with Gasteiger partial charge in [0.15, 0.2) is 0 Å². The quantitative estimate of drug-likeness (QED) is 0.560. The first-order valence-electron chi connectivity index (χ1n) is 6.20. The molecule has 0 bridgehead atoms. The highest BCUT2D eigenvalue weighted by Gasteiger charge is 2.27. The first-order valence-corrected chi connectivity index (χ1v) is 8.41. The van der Waals surface area contributed by atoms with Crippen molar-refractivity contribution in [2.45, 2.75) is 17.0 Å². The van der Waals surface area contributed by atoms with Crippen LogP contribution in [0.4, 0.5) is 0 Å². The SMILES string of the molecule is CN(C)CC[CH2][Al]1[CH2]C[N+](C)(C)CC[NH]1. The lowest BCUT2D eigenvalue weighted by Crippen LogP contribution is -2.41. The van der Waals surface area contributed by atoms with Crippen LogP contribution in [-0.4, -0.2) is 78.1 Å². The Kier molecular flexibility index (Phi) is 5.59. The zero-order chi connectivity index (χ0) is 11.3. The summed E-state index contributed by atoms with van der Waals surface area (Å²) in [5.74, 6) is 0. The van der Waals surface area contributed by atoms with E-state index in [-0.39, 0.29) is 0 Å². The van der Waals surface area contributed by atoms with Crippen LogP contribution < -0.4 is 4.30 Å². The molecule has 0 unspecified atom stereocenters. The Hall–Kier alpha value is 0.412. The van der Waals surface area contributed by atoms with Crippen molar-refractivity contribution in [3.05, 3.63) is 0 Å². The maximum absolute atomic E-state index is 3.82. The summed E-state index contributed by atoms with van der Waals surface area (Å²) in [5.41, 5.74) is 0. The van der Waals surface area contributed by atoms with Crippen molar-refractivity contribution < 1.29 is 4.48 Å². The molecule has 1 aliphatic heterocycles. The van der Waals surface area contributed by atoms with Gasteiger partial charge in [0.1, 0.15) is 0 Å². The highest BCUT2D eigenvalue weighted by atomic mass is 27.2. The lowest BCUT2D eigenvalue weighted by molar-refractivity contribution is -0.886. The molecule has 1 fully saturated rings. The smallest absolute Gasteiger partial charge is 0.375 e. The lowest BCUT2D eigenvalue weighted by Gasteiger charge is -2.27. The maximum Gasteiger partial charge on any atom is 0.375 e. The number of hydrogen-bond donors (Lipinski definition) is 1. The predicted octanol–water partition coefficient (Wildman–Crippen LogP) is 0.609. The molecule has 1 heterocycles. The molecule has 88 valence electrons. The average molecular weight is 228 g/mol. The van der Waals surface area contributed by atoms with Gasteiger partial charge < -0.3 is 13.7 Å². The van der Waals surface area contributed by atoms with E-state index in [4.69, 9.17) is 0 Å². The van der Waals surface area contributed by atoms with E-state index in [9.17, 15) is 0 Å². The molecule has 0 amide bonds. The van der Waals surface area contributed by atoms with Gasteiger partial charge in [0.25, 0.3) is 0 Å². The summed E-state index contributed by atoms with van der Waals surface area (Å²) in [5, 5.41) is 2.94. The molecule has 1 rings (SSSR count). The van der Waals surface area contributed by atoms with E-state index in [1.165, 1.54) is 47.6 Å². The molecule has 1 aliphatic rings. The van der Waals surface area contributed by atoms with Gasteiger partial charge in [-0.15, -0.1) is 0 Å². The number of quaternary nitrogens is 1. The normalized spacial score (nSPS) is 21.8. The van der Waals surface area contributed by atoms with Crippen LogP contribution in [0.3, 0.4) is 0 Å². The molecule has 15 heavy (non-hydrogen) atoms. The number of likely N-dealkylation sites (N-methyl/N-ethyl adjacent to an activating group) is 1. The topological polar surface area (TPSA) is 15.3 Å². The summed E-state index contributed by atoms with van der Waals surface area (Å²) in [4.78, 5) is 2.30. The first-order chi connectivity index (χ1) is 6.99. The molecule has 0 spiro atoms. The van der Waals surface area contributed by atoms with Crippen molar-refractivity contribution in [3.63, 3.8) is 0 Å². The fraction of sp³-hybridized carbons (Fsp3) is 1.00. The minimum Gasteiger partial charge on any atom is -0.394 e. The Labute approximate surface area is 99.6 Å². The van der Waals surface area contributed by atoms with Gasteiger partial charge in [-0.25, -0.2) is 0 Å². The highest BCUT2D eigenvalue weighted by Crippen LogP contribution is 2.09. The van der Waals surface area contributed by atoms with Gasteiger partial charge in [-0.3, -0.25) is 0 Å². The Morgan fingerprint density at radius 3 is 2.67 bits per heavy atom. The van der Waals surface area contributed by atoms with Crippen LogP contribution in [0.25, 0.3) is 0 Å². The molecule has 0 saturated carbocycles. The second kappa shape index (κ2) is 6.22. The highest BCUT2D eigenvalue weighted by molar-refractivity contribution is 6.56. The molecule has 3 nitrogen and oxygen atoms in total. The van der Waals surface area contributed by atoms with E-state index in [1.54, 1.807) is 0 Å². The van der Waals surface area contributed by atoms with Crippen LogP contribution >= 0.6 is 0 Å². The predicted molar refractivity (Wildman–Crippen MR) is 68.4 cm³/mol. The Morgan fingerprint density at radius 1 is 1.27 bits per heavy atom. The van der Waals surface area contributed by atoms with Crippen molar-refractivity contribution in [3.8, 4) is 0 Å². The molecule has 0 radical (unpaired) electrons. The van der Waals surface area contributed by atoms with Crippen molar-refractivity contribution in [2.24, 2.45) is 0 Å². The second-order valence-electron chi connectivity index (χ2n) is 5.77. The second-order valence-corrected chi connectivity index (χ2v) is 8.72. The summed E-state index contributed by atoms with van der Waals surface area (Å²) in [7, 11) is 9.06. The molecule has 0 aliphatic carbocycles. The minimum absolute atomic E-state index is 0.605. The van der Waals surface area contributed by atoms with E-state index in [0.29, 0.717) is 0 Å². The molecule has 1 saturated heterocycles. The molecule has 0 atom stereocenters. The fourth-order valence-electron chi connectivity index (χ4n) is 2.19. The van der Waals surface area contributed by atoms with Crippen molar-refractivity contribution in [1.29, 1.82) is 0 Å². The van der Waals surface area contributed by atoms with Crippen LogP contribution in [0.5, 0.6) is 0 Å². The third kappa shape index (κ3) is 5.89. The minimum atomic E-state index is -0.605. The molecular formula is C11H27AlN3+. The van der Waals surface area contributed by atoms with Crippen LogP contribution in [0.1, 0.15) is 6.42 Å². The fourth-order valence-corrected chi connectivity index (χ4v) is 5.11. The number of nitrogens with one attached hydrogen (secondary N) is 1. The summed E-state index contributed by atoms with van der Waals surface area (Å²) in [6.45, 7) is 5.18. The molecular weight excluding hydrogens is 201 g/mol. The van der Waals surface area contributed by atoms with Crippen molar-refractivity contribution in [1.82, 2.24) is 9.20 Å². The van der Waals surface area contributed by atoms with Gasteiger partial charge in [0.2, 0.25) is 0 Å². The van der Waals surface area contributed by atoms with Crippen LogP contribution in [-0.2, 0) is 0 Å². The number of rotatable bonds is 4. The number of hydrogen-bond acceptors (Lipinski definition) is 2. The third-order valence-corrected chi connectivity index (χ3v) is 6.32. The lowest BCUT2D eigenvalue weighted by atomic mass is 10.4. The Morgan fingerprint density at radius 2 is 2.00 bits per heavy atom. The largest absolute Gasteiger partial charge is 0.394 e. The first kappa shape index (κ1) is 13.5. The van der Waals surface area contributed by atoms with Crippen molar-refractivity contribution in [2.75, 3.05) is 54.4 Å².